The fraction of sp³-hybridized carbons (Fsp3) is 0.300. The Bertz CT molecular complexity index is 806. The molecule has 3 N–H and O–H groups in total. The van der Waals surface area contributed by atoms with Gasteiger partial charge in [0.25, 0.3) is 5.91 Å². The largest absolute Gasteiger partial charge is 0.497 e. The summed E-state index contributed by atoms with van der Waals surface area (Å²) in [7, 11) is 1.60. The molecule has 0 radical (unpaired) electrons. The van der Waals surface area contributed by atoms with Crippen molar-refractivity contribution in [1.29, 1.82) is 0 Å². The number of carbonyl (C=O) groups excluding carboxylic acids is 1. The average Bonchev–Trinajstić information content (AvgIpc) is 3.11. The molecule has 1 aliphatic rings. The standard InChI is InChI=1S/C20H22N2O4/c1-26-16-6-4-5-14(12-16)21-18-8-3-2-7-17(18)19(23)22-15-10-9-13(11-15)20(24)25/h2-8,12-13,15,21H,9-11H2,1H3,(H,22,23)(H,24,25)/t13-,15+/m0/s1. The van der Waals surface area contributed by atoms with Crippen molar-refractivity contribution in [3.05, 3.63) is 54.1 Å². The highest BCUT2D eigenvalue weighted by Gasteiger charge is 2.30. The highest BCUT2D eigenvalue weighted by molar-refractivity contribution is 6.00. The molecule has 1 amide bonds. The van der Waals surface area contributed by atoms with Crippen molar-refractivity contribution in [2.24, 2.45) is 5.92 Å². The van der Waals surface area contributed by atoms with Gasteiger partial charge in [0.15, 0.2) is 0 Å². The van der Waals surface area contributed by atoms with Crippen LogP contribution in [0.3, 0.4) is 0 Å². The number of amides is 1. The summed E-state index contributed by atoms with van der Waals surface area (Å²) in [5.41, 5.74) is 2.02. The van der Waals surface area contributed by atoms with Crippen molar-refractivity contribution >= 4 is 23.3 Å². The number of ether oxygens (including phenoxy) is 1. The van der Waals surface area contributed by atoms with Crippen molar-refractivity contribution in [1.82, 2.24) is 5.32 Å². The maximum atomic E-state index is 12.7. The van der Waals surface area contributed by atoms with Gasteiger partial charge in [-0.15, -0.1) is 0 Å². The Kier molecular flexibility index (Phi) is 5.41. The molecule has 136 valence electrons. The molecule has 1 saturated carbocycles. The van der Waals surface area contributed by atoms with Gasteiger partial charge in [0.2, 0.25) is 0 Å². The van der Waals surface area contributed by atoms with Crippen LogP contribution in [0.15, 0.2) is 48.5 Å². The van der Waals surface area contributed by atoms with E-state index in [9.17, 15) is 9.59 Å². The van der Waals surface area contributed by atoms with Gasteiger partial charge in [0, 0.05) is 17.8 Å². The second-order valence-electron chi connectivity index (χ2n) is 6.42. The molecule has 1 aliphatic carbocycles. The van der Waals surface area contributed by atoms with Crippen LogP contribution in [0.5, 0.6) is 5.75 Å². The Morgan fingerprint density at radius 2 is 1.92 bits per heavy atom. The van der Waals surface area contributed by atoms with E-state index in [1.807, 2.05) is 36.4 Å². The minimum absolute atomic E-state index is 0.103. The van der Waals surface area contributed by atoms with E-state index in [2.05, 4.69) is 10.6 Å². The van der Waals surface area contributed by atoms with Gasteiger partial charge in [0.05, 0.1) is 24.3 Å². The number of hydrogen-bond donors (Lipinski definition) is 3. The van der Waals surface area contributed by atoms with Crippen molar-refractivity contribution in [3.8, 4) is 5.75 Å². The zero-order valence-corrected chi connectivity index (χ0v) is 14.6. The van der Waals surface area contributed by atoms with Crippen molar-refractivity contribution < 1.29 is 19.4 Å². The molecule has 2 aromatic carbocycles. The number of nitrogens with one attached hydrogen (secondary N) is 2. The summed E-state index contributed by atoms with van der Waals surface area (Å²) in [6.45, 7) is 0. The molecule has 0 bridgehead atoms. The number of benzene rings is 2. The van der Waals surface area contributed by atoms with Crippen LogP contribution in [0.1, 0.15) is 29.6 Å². The highest BCUT2D eigenvalue weighted by atomic mass is 16.5. The Morgan fingerprint density at radius 1 is 1.12 bits per heavy atom. The SMILES string of the molecule is COc1cccc(Nc2ccccc2C(=O)N[C@@H]2CC[C@H](C(=O)O)C2)c1. The fourth-order valence-corrected chi connectivity index (χ4v) is 3.25. The molecule has 0 spiro atoms. The van der Waals surface area contributed by atoms with Crippen molar-refractivity contribution in [3.63, 3.8) is 0 Å². The molecule has 0 aliphatic heterocycles. The summed E-state index contributed by atoms with van der Waals surface area (Å²) < 4.78 is 5.22. The second-order valence-corrected chi connectivity index (χ2v) is 6.42. The molecule has 0 saturated heterocycles. The molecule has 6 nitrogen and oxygen atoms in total. The Labute approximate surface area is 152 Å². The van der Waals surface area contributed by atoms with Gasteiger partial charge in [-0.3, -0.25) is 9.59 Å². The Hall–Kier alpha value is -3.02. The number of aliphatic carboxylic acids is 1. The number of rotatable bonds is 6. The fourth-order valence-electron chi connectivity index (χ4n) is 3.25. The third-order valence-electron chi connectivity index (χ3n) is 4.64. The first-order valence-electron chi connectivity index (χ1n) is 8.60. The van der Waals surface area contributed by atoms with Gasteiger partial charge in [-0.25, -0.2) is 0 Å². The lowest BCUT2D eigenvalue weighted by Gasteiger charge is -2.16. The van der Waals surface area contributed by atoms with Gasteiger partial charge >= 0.3 is 5.97 Å². The van der Waals surface area contributed by atoms with Gasteiger partial charge in [0.1, 0.15) is 5.75 Å². The van der Waals surface area contributed by atoms with Crippen LogP contribution in [0.2, 0.25) is 0 Å². The molecule has 2 atom stereocenters. The van der Waals surface area contributed by atoms with Gasteiger partial charge < -0.3 is 20.5 Å². The number of hydrogen-bond acceptors (Lipinski definition) is 4. The highest BCUT2D eigenvalue weighted by Crippen LogP contribution is 2.27. The Morgan fingerprint density at radius 3 is 2.65 bits per heavy atom. The third-order valence-corrected chi connectivity index (χ3v) is 4.64. The number of carboxylic acids is 1. The van der Waals surface area contributed by atoms with Crippen LogP contribution in [0, 0.1) is 5.92 Å². The maximum Gasteiger partial charge on any atom is 0.306 e. The van der Waals surface area contributed by atoms with E-state index in [1.165, 1.54) is 0 Å². The van der Waals surface area contributed by atoms with Crippen LogP contribution in [-0.4, -0.2) is 30.1 Å². The minimum Gasteiger partial charge on any atom is -0.497 e. The van der Waals surface area contributed by atoms with E-state index in [0.29, 0.717) is 30.5 Å². The van der Waals surface area contributed by atoms with E-state index in [0.717, 1.165) is 11.4 Å². The smallest absolute Gasteiger partial charge is 0.306 e. The number of carbonyl (C=O) groups is 2. The zero-order valence-electron chi connectivity index (χ0n) is 14.6. The zero-order chi connectivity index (χ0) is 18.5. The summed E-state index contributed by atoms with van der Waals surface area (Å²) in [6.07, 6.45) is 1.77. The predicted octanol–water partition coefficient (Wildman–Crippen LogP) is 3.42. The van der Waals surface area contributed by atoms with Gasteiger partial charge in [-0.2, -0.15) is 0 Å². The lowest BCUT2D eigenvalue weighted by molar-refractivity contribution is -0.141. The molecular formula is C20H22N2O4. The minimum atomic E-state index is -0.790. The van der Waals surface area contributed by atoms with E-state index in [-0.39, 0.29) is 17.9 Å². The summed E-state index contributed by atoms with van der Waals surface area (Å²) in [5, 5.41) is 15.3. The van der Waals surface area contributed by atoms with E-state index >= 15 is 0 Å². The number of carboxylic acid groups (broad SMARTS) is 1. The summed E-state index contributed by atoms with van der Waals surface area (Å²) in [5.74, 6) is -0.637. The third kappa shape index (κ3) is 4.14. The second kappa shape index (κ2) is 7.91. The molecule has 26 heavy (non-hydrogen) atoms. The first kappa shape index (κ1) is 17.8. The monoisotopic (exact) mass is 354 g/mol. The van der Waals surface area contributed by atoms with Crippen LogP contribution < -0.4 is 15.4 Å². The van der Waals surface area contributed by atoms with E-state index in [1.54, 1.807) is 19.2 Å². The normalized spacial score (nSPS) is 19.0. The lowest BCUT2D eigenvalue weighted by Crippen LogP contribution is -2.33. The molecule has 6 heteroatoms. The number of para-hydroxylation sites is 1. The Balaban J connectivity index is 1.72. The van der Waals surface area contributed by atoms with Crippen LogP contribution in [-0.2, 0) is 4.79 Å². The van der Waals surface area contributed by atoms with E-state index in [4.69, 9.17) is 9.84 Å². The maximum absolute atomic E-state index is 12.7. The first-order valence-corrected chi connectivity index (χ1v) is 8.60. The van der Waals surface area contributed by atoms with Crippen LogP contribution >= 0.6 is 0 Å². The number of methoxy groups -OCH3 is 1. The topological polar surface area (TPSA) is 87.7 Å². The summed E-state index contributed by atoms with van der Waals surface area (Å²) in [4.78, 5) is 23.8. The quantitative estimate of drug-likeness (QED) is 0.740. The first-order chi connectivity index (χ1) is 12.6. The lowest BCUT2D eigenvalue weighted by atomic mass is 10.1. The molecule has 2 aromatic rings. The summed E-state index contributed by atoms with van der Waals surface area (Å²) in [6, 6.07) is 14.6. The van der Waals surface area contributed by atoms with Gasteiger partial charge in [-0.05, 0) is 43.5 Å². The molecule has 1 fully saturated rings. The number of anilines is 2. The van der Waals surface area contributed by atoms with Crippen molar-refractivity contribution in [2.45, 2.75) is 25.3 Å². The van der Waals surface area contributed by atoms with E-state index < -0.39 is 5.97 Å². The van der Waals surface area contributed by atoms with Gasteiger partial charge in [-0.1, -0.05) is 18.2 Å². The molecule has 3 rings (SSSR count). The predicted molar refractivity (Wildman–Crippen MR) is 98.9 cm³/mol. The van der Waals surface area contributed by atoms with Crippen molar-refractivity contribution in [2.75, 3.05) is 12.4 Å². The van der Waals surface area contributed by atoms with Crippen LogP contribution in [0.25, 0.3) is 0 Å². The molecule has 0 heterocycles. The van der Waals surface area contributed by atoms with Crippen LogP contribution in [0.4, 0.5) is 11.4 Å². The molecule has 0 aromatic heterocycles. The summed E-state index contributed by atoms with van der Waals surface area (Å²) >= 11 is 0. The average molecular weight is 354 g/mol. The molecule has 0 unspecified atom stereocenters. The molecular weight excluding hydrogens is 332 g/mol.